The van der Waals surface area contributed by atoms with Crippen molar-refractivity contribution in [3.63, 3.8) is 0 Å². The summed E-state index contributed by atoms with van der Waals surface area (Å²) in [7, 11) is -8.53. The number of nitrogens with zero attached hydrogens (tertiary/aromatic N) is 7. The van der Waals surface area contributed by atoms with Crippen LogP contribution in [-0.4, -0.2) is 155 Å². The van der Waals surface area contributed by atoms with Gasteiger partial charge in [-0.3, -0.25) is 24.2 Å². The smallest absolute Gasteiger partial charge is 0.465 e. The van der Waals surface area contributed by atoms with Gasteiger partial charge in [-0.1, -0.05) is 85.4 Å². The lowest BCUT2D eigenvalue weighted by atomic mass is 9.93. The second kappa shape index (κ2) is 32.0. The third-order valence-corrected chi connectivity index (χ3v) is 18.7. The molecule has 3 fully saturated rings. The van der Waals surface area contributed by atoms with Crippen molar-refractivity contribution in [1.82, 2.24) is 39.4 Å². The largest absolute Gasteiger partial charge is 0.513 e. The highest BCUT2D eigenvalue weighted by Gasteiger charge is 2.64. The van der Waals surface area contributed by atoms with Gasteiger partial charge < -0.3 is 68.8 Å². The monoisotopic (exact) mass is 1410 g/mol. The van der Waals surface area contributed by atoms with Crippen LogP contribution < -0.4 is 35.2 Å². The highest BCUT2D eigenvalue weighted by Crippen LogP contribution is 2.52. The van der Waals surface area contributed by atoms with Crippen LogP contribution in [-0.2, 0) is 51.7 Å². The molecular weight excluding hydrogens is 1330 g/mol. The van der Waals surface area contributed by atoms with Crippen LogP contribution in [0.3, 0.4) is 0 Å². The van der Waals surface area contributed by atoms with Gasteiger partial charge in [-0.25, -0.2) is 36.9 Å². The summed E-state index contributed by atoms with van der Waals surface area (Å²) in [5.41, 5.74) is 9.86. The standard InChI is InChI=1S/C27H37FN5O8P.C21H27N2O7P.C15H19FN4O4.CH4/c1-17(25(36)38-13-12-26(2,3)4)32-42(37,41-18-8-6-5-7-9-18)39-15-27(14-28)23(35)21(34)22(40-27)19-10-11-20-24(29)30-16-31-33(19)20;1-16(20(24)28-15-14-21(2,3)4)22-31(27,29-18-8-6-5-7-9-18)30-19-12-10-17(11-13-19)23(25)26;1-14(2)22-11-10(23-15(5-16,6-21)12(11)24-14)8-3-4-9-13(17)18-7-19-20(8)9;/h5-11,16-17,21-23,34-35H,12-15H2,1-4H3,(H,32,37)(H2,29,30,31);5-13,16H,14-15H2,1-4H3,(H,22,27);3-4,7,10-12,21H,5-6H2,1-2H3,(H2,17,18,19);1H4/t17-,21-,22-,23-,27+,42?;16-,31?;10-,11-,12-,15+;/m000./s1. The molecule has 7 aromatic rings. The van der Waals surface area contributed by atoms with Crippen molar-refractivity contribution in [2.24, 2.45) is 10.8 Å². The fourth-order valence-electron chi connectivity index (χ4n) is 10.2. The quantitative estimate of drug-likeness (QED) is 0.0121. The number of hydrogen-bond acceptors (Lipinski definition) is 25. The van der Waals surface area contributed by atoms with E-state index in [0.29, 0.717) is 35.4 Å². The number of hydrogen-bond donors (Lipinski definition) is 7. The van der Waals surface area contributed by atoms with E-state index in [4.69, 9.17) is 58.0 Å². The predicted octanol–water partition coefficient (Wildman–Crippen LogP) is 9.33. The van der Waals surface area contributed by atoms with E-state index < -0.39 is 125 Å². The molecule has 98 heavy (non-hydrogen) atoms. The van der Waals surface area contributed by atoms with Gasteiger partial charge in [0, 0.05) is 12.1 Å². The van der Waals surface area contributed by atoms with E-state index in [0.717, 1.165) is 0 Å². The zero-order valence-corrected chi connectivity index (χ0v) is 56.9. The number of carbonyl (C=O) groups excluding carboxylic acids is 2. The second-order valence-corrected chi connectivity index (χ2v) is 29.4. The molecule has 4 aromatic heterocycles. The zero-order valence-electron chi connectivity index (χ0n) is 55.1. The van der Waals surface area contributed by atoms with Crippen molar-refractivity contribution in [1.29, 1.82) is 0 Å². The number of halogens is 2. The molecular formula is C64H87F2N11O19P2. The van der Waals surface area contributed by atoms with Gasteiger partial charge in [0.25, 0.3) is 5.69 Å². The first-order valence-electron chi connectivity index (χ1n) is 30.8. The number of nitrogens with two attached hydrogens (primary N) is 2. The highest BCUT2D eigenvalue weighted by atomic mass is 31.2. The van der Waals surface area contributed by atoms with Crippen LogP contribution >= 0.6 is 15.5 Å². The van der Waals surface area contributed by atoms with Crippen LogP contribution in [0, 0.1) is 20.9 Å². The Labute approximate surface area is 565 Å². The van der Waals surface area contributed by atoms with Crippen LogP contribution in [0.1, 0.15) is 113 Å². The summed E-state index contributed by atoms with van der Waals surface area (Å²) in [4.78, 5) is 43.1. The summed E-state index contributed by atoms with van der Waals surface area (Å²) in [6, 6.07) is 25.9. The van der Waals surface area contributed by atoms with Gasteiger partial charge >= 0.3 is 27.4 Å². The molecule has 0 saturated carbocycles. The fourth-order valence-corrected chi connectivity index (χ4v) is 13.2. The van der Waals surface area contributed by atoms with Crippen molar-refractivity contribution >= 4 is 55.8 Å². The molecule has 30 nitrogen and oxygen atoms in total. The Hall–Kier alpha value is -7.84. The number of nitro groups is 1. The van der Waals surface area contributed by atoms with Crippen LogP contribution in [0.4, 0.5) is 26.1 Å². The Balaban J connectivity index is 0.000000214. The number of benzene rings is 3. The molecule has 0 spiro atoms. The number of anilines is 2. The first kappa shape index (κ1) is 77.5. The lowest BCUT2D eigenvalue weighted by Crippen LogP contribution is -2.49. The summed E-state index contributed by atoms with van der Waals surface area (Å²) in [5.74, 6) is -1.23. The molecule has 536 valence electrons. The van der Waals surface area contributed by atoms with E-state index in [9.17, 15) is 52.9 Å². The number of nitrogens with one attached hydrogen (secondary N) is 2. The first-order valence-corrected chi connectivity index (χ1v) is 33.9. The van der Waals surface area contributed by atoms with E-state index in [1.165, 1.54) is 67.4 Å². The Morgan fingerprint density at radius 2 is 1.11 bits per heavy atom. The van der Waals surface area contributed by atoms with Crippen molar-refractivity contribution in [2.45, 2.75) is 155 Å². The van der Waals surface area contributed by atoms with Crippen molar-refractivity contribution in [2.75, 3.05) is 51.2 Å². The van der Waals surface area contributed by atoms with Crippen LogP contribution in [0.15, 0.2) is 122 Å². The fraction of sp³-hybridized carbons (Fsp3) is 0.500. The van der Waals surface area contributed by atoms with Crippen LogP contribution in [0.5, 0.6) is 17.2 Å². The number of esters is 2. The molecule has 0 aliphatic carbocycles. The zero-order chi connectivity index (χ0) is 70.9. The molecule has 2 unspecified atom stereocenters. The molecule has 3 saturated heterocycles. The number of alkyl halides is 2. The number of carbonyl (C=O) groups is 2. The number of para-hydroxylation sites is 2. The van der Waals surface area contributed by atoms with Crippen molar-refractivity contribution < 1.29 is 94.3 Å². The minimum absolute atomic E-state index is 0. The van der Waals surface area contributed by atoms with Gasteiger partial charge in [0.15, 0.2) is 17.4 Å². The number of fused-ring (bicyclic) bond motifs is 3. The number of nitro benzene ring substituents is 1. The first-order chi connectivity index (χ1) is 45.7. The maximum absolute atomic E-state index is 14.6. The molecule has 34 heteroatoms. The maximum atomic E-state index is 14.6. The lowest BCUT2D eigenvalue weighted by molar-refractivity contribution is -0.384. The normalized spacial score (nSPS) is 23.6. The van der Waals surface area contributed by atoms with Crippen molar-refractivity contribution in [3.8, 4) is 17.2 Å². The predicted molar refractivity (Wildman–Crippen MR) is 354 cm³/mol. The SMILES string of the molecule is C.CC1(C)O[C@H]2[C@H](c3ccc4c(N)ncnn34)O[C@@](CO)(CF)[C@H]2O1.C[C@H](NP(=O)(OC[C@@]1(CF)O[C@@H](c2ccc3c(N)ncnn23)[C@H](O)[C@@H]1O)Oc1ccccc1)C(=O)OCCC(C)(C)C.C[C@H](NP(=O)(Oc1ccccc1)Oc1ccc([N+](=O)[O-])cc1)C(=O)OCCC(C)(C)C. The summed E-state index contributed by atoms with van der Waals surface area (Å²) >= 11 is 0. The molecule has 0 amide bonds. The average Bonchev–Trinajstić information content (AvgIpc) is 1.57. The number of rotatable bonds is 25. The van der Waals surface area contributed by atoms with Crippen molar-refractivity contribution in [3.05, 3.63) is 143 Å². The molecule has 7 heterocycles. The van der Waals surface area contributed by atoms with Crippen LogP contribution in [0.2, 0.25) is 0 Å². The minimum Gasteiger partial charge on any atom is -0.465 e. The van der Waals surface area contributed by atoms with Gasteiger partial charge in [0.1, 0.15) is 114 Å². The summed E-state index contributed by atoms with van der Waals surface area (Å²) < 4.78 is 115. The number of aromatic nitrogens is 6. The molecule has 10 rings (SSSR count). The van der Waals surface area contributed by atoms with E-state index in [1.807, 2.05) is 41.5 Å². The minimum atomic E-state index is -4.43. The molecule has 3 aliphatic heterocycles. The van der Waals surface area contributed by atoms with Gasteiger partial charge in [-0.05, 0) is 112 Å². The number of ether oxygens (including phenoxy) is 6. The summed E-state index contributed by atoms with van der Waals surface area (Å²) in [5, 5.41) is 55.8. The Bertz CT molecular complexity index is 3900. The Kier molecular flexibility index (Phi) is 25.3. The molecule has 3 aromatic carbocycles. The molecule has 0 radical (unpaired) electrons. The third kappa shape index (κ3) is 19.1. The lowest BCUT2D eigenvalue weighted by Gasteiger charge is -2.31. The third-order valence-electron chi connectivity index (χ3n) is 15.5. The number of aliphatic hydroxyl groups excluding tert-OH is 3. The van der Waals surface area contributed by atoms with E-state index in [2.05, 4.69) is 30.3 Å². The van der Waals surface area contributed by atoms with Gasteiger partial charge in [-0.15, -0.1) is 0 Å². The van der Waals surface area contributed by atoms with Gasteiger partial charge in [-0.2, -0.15) is 20.4 Å². The highest BCUT2D eigenvalue weighted by molar-refractivity contribution is 7.52. The number of non-ortho nitro benzene ring substituents is 1. The molecule has 12 atom stereocenters. The molecule has 9 N–H and O–H groups in total. The number of aliphatic hydroxyl groups is 3. The molecule has 3 aliphatic rings. The van der Waals surface area contributed by atoms with E-state index in [-0.39, 0.29) is 65.9 Å². The summed E-state index contributed by atoms with van der Waals surface area (Å²) in [6.07, 6.45) is -2.81. The average molecular weight is 1410 g/mol. The topological polar surface area (TPSA) is 401 Å². The molecule has 0 bridgehead atoms. The van der Waals surface area contributed by atoms with E-state index in [1.54, 1.807) is 91.2 Å². The van der Waals surface area contributed by atoms with Gasteiger partial charge in [0.05, 0.1) is 42.7 Å². The summed E-state index contributed by atoms with van der Waals surface area (Å²) in [6.45, 7) is 15.3. The van der Waals surface area contributed by atoms with E-state index >= 15 is 0 Å². The maximum Gasteiger partial charge on any atom is 0.513 e. The Morgan fingerprint density at radius 3 is 1.56 bits per heavy atom. The van der Waals surface area contributed by atoms with Gasteiger partial charge in [0.2, 0.25) is 0 Å². The van der Waals surface area contributed by atoms with Crippen LogP contribution in [0.25, 0.3) is 11.0 Å². The second-order valence-electron chi connectivity index (χ2n) is 26.1. The number of nitrogen functional groups attached to an aromatic ring is 2. The Morgan fingerprint density at radius 1 is 0.673 bits per heavy atom.